The van der Waals surface area contributed by atoms with E-state index in [0.717, 1.165) is 19.3 Å². The summed E-state index contributed by atoms with van der Waals surface area (Å²) < 4.78 is 0. The van der Waals surface area contributed by atoms with Gasteiger partial charge in [-0.15, -0.1) is 0 Å². The van der Waals surface area contributed by atoms with Gasteiger partial charge in [0, 0.05) is 0 Å². The van der Waals surface area contributed by atoms with Gasteiger partial charge < -0.3 is 19.8 Å². The maximum atomic E-state index is 11.5. The average molecular weight is 350 g/mol. The summed E-state index contributed by atoms with van der Waals surface area (Å²) in [6.45, 7) is 2.15. The van der Waals surface area contributed by atoms with Gasteiger partial charge in [0.15, 0.2) is 0 Å². The van der Waals surface area contributed by atoms with E-state index in [1.165, 1.54) is 31.4 Å². The third-order valence-corrected chi connectivity index (χ3v) is 4.12. The van der Waals surface area contributed by atoms with Crippen LogP contribution >= 0.6 is 0 Å². The topological polar surface area (TPSA) is 80.3 Å². The van der Waals surface area contributed by atoms with Crippen molar-refractivity contribution >= 4 is 11.9 Å². The molecule has 0 radical (unpaired) electrons. The van der Waals surface area contributed by atoms with Crippen LogP contribution in [-0.4, -0.2) is 11.9 Å². The fourth-order valence-electron chi connectivity index (χ4n) is 2.74. The number of carbonyl (C=O) groups excluding carboxylic acids is 2. The molecule has 1 rings (SSSR count). The number of unbranched alkanes of at least 4 members (excludes halogenated alkanes) is 6. The SMILES string of the molecule is CCCCCCCCCC(C(=O)[O-])(C(=O)[O-])c1ccccc1.[Na+].[Na+]. The van der Waals surface area contributed by atoms with E-state index in [9.17, 15) is 19.8 Å². The molecule has 6 heteroatoms. The van der Waals surface area contributed by atoms with E-state index in [0.29, 0.717) is 6.42 Å². The second-order valence-electron chi connectivity index (χ2n) is 5.72. The van der Waals surface area contributed by atoms with Gasteiger partial charge in [-0.3, -0.25) is 0 Å². The van der Waals surface area contributed by atoms with Gasteiger partial charge in [0.1, 0.15) is 0 Å². The summed E-state index contributed by atoms with van der Waals surface area (Å²) in [6, 6.07) is 7.98. The Morgan fingerprint density at radius 3 is 1.75 bits per heavy atom. The van der Waals surface area contributed by atoms with Gasteiger partial charge in [0.2, 0.25) is 0 Å². The van der Waals surface area contributed by atoms with Crippen LogP contribution in [0.2, 0.25) is 0 Å². The molecule has 0 spiro atoms. The molecule has 0 aromatic heterocycles. The minimum atomic E-state index is -2.05. The molecule has 0 aliphatic rings. The van der Waals surface area contributed by atoms with Crippen molar-refractivity contribution in [1.82, 2.24) is 0 Å². The number of rotatable bonds is 11. The molecule has 0 N–H and O–H groups in total. The molecule has 122 valence electrons. The molecule has 0 aliphatic heterocycles. The van der Waals surface area contributed by atoms with E-state index >= 15 is 0 Å². The first-order valence-electron chi connectivity index (χ1n) is 8.04. The standard InChI is InChI=1S/C18H26O4.2Na/c1-2-3-4-5-6-7-11-14-18(16(19)20,17(21)22)15-12-9-8-10-13-15;;/h8-10,12-13H,2-7,11,14H2,1H3,(H,19,20)(H,21,22);;/q;2*+1/p-2. The Bertz CT molecular complexity index is 463. The monoisotopic (exact) mass is 350 g/mol. The van der Waals surface area contributed by atoms with Crippen LogP contribution in [0, 0.1) is 0 Å². The van der Waals surface area contributed by atoms with Crippen molar-refractivity contribution in [3.05, 3.63) is 35.9 Å². The molecule has 24 heavy (non-hydrogen) atoms. The Morgan fingerprint density at radius 1 is 0.833 bits per heavy atom. The number of hydrogen-bond acceptors (Lipinski definition) is 4. The van der Waals surface area contributed by atoms with Gasteiger partial charge >= 0.3 is 59.1 Å². The van der Waals surface area contributed by atoms with Crippen molar-refractivity contribution < 1.29 is 78.9 Å². The van der Waals surface area contributed by atoms with Crippen molar-refractivity contribution in [1.29, 1.82) is 0 Å². The maximum absolute atomic E-state index is 11.5. The number of carbonyl (C=O) groups is 2. The van der Waals surface area contributed by atoms with Gasteiger partial charge in [0.25, 0.3) is 0 Å². The van der Waals surface area contributed by atoms with Crippen LogP contribution in [-0.2, 0) is 15.0 Å². The van der Waals surface area contributed by atoms with Gasteiger partial charge in [-0.25, -0.2) is 0 Å². The summed E-state index contributed by atoms with van der Waals surface area (Å²) in [6.07, 6.45) is 6.99. The van der Waals surface area contributed by atoms with E-state index in [1.54, 1.807) is 18.2 Å². The van der Waals surface area contributed by atoms with Crippen LogP contribution in [0.1, 0.15) is 63.9 Å². The zero-order chi connectivity index (χ0) is 16.4. The second kappa shape index (κ2) is 14.3. The zero-order valence-corrected chi connectivity index (χ0v) is 19.2. The van der Waals surface area contributed by atoms with E-state index in [-0.39, 0.29) is 71.1 Å². The van der Waals surface area contributed by atoms with Gasteiger partial charge in [-0.05, 0) is 12.0 Å². The summed E-state index contributed by atoms with van der Waals surface area (Å²) >= 11 is 0. The fraction of sp³-hybridized carbons (Fsp3) is 0.556. The molecule has 0 atom stereocenters. The van der Waals surface area contributed by atoms with E-state index in [4.69, 9.17) is 0 Å². The van der Waals surface area contributed by atoms with Crippen LogP contribution < -0.4 is 69.3 Å². The van der Waals surface area contributed by atoms with Crippen molar-refractivity contribution in [2.45, 2.75) is 63.7 Å². The molecule has 4 nitrogen and oxygen atoms in total. The van der Waals surface area contributed by atoms with Crippen LogP contribution in [0.15, 0.2) is 30.3 Å². The van der Waals surface area contributed by atoms with Crippen LogP contribution in [0.5, 0.6) is 0 Å². The van der Waals surface area contributed by atoms with Gasteiger partial charge in [0.05, 0.1) is 17.4 Å². The van der Waals surface area contributed by atoms with Crippen LogP contribution in [0.25, 0.3) is 0 Å². The fourth-order valence-corrected chi connectivity index (χ4v) is 2.74. The smallest absolute Gasteiger partial charge is 0.549 e. The molecule has 0 bridgehead atoms. The first kappa shape index (κ1) is 26.4. The Balaban J connectivity index is 0. The molecule has 0 saturated carbocycles. The molecular weight excluding hydrogens is 326 g/mol. The number of carboxylic acids is 2. The molecule has 0 aliphatic carbocycles. The summed E-state index contributed by atoms with van der Waals surface area (Å²) in [4.78, 5) is 23.1. The number of carboxylic acid groups (broad SMARTS) is 2. The molecule has 0 unspecified atom stereocenters. The number of benzene rings is 1. The van der Waals surface area contributed by atoms with E-state index in [2.05, 4.69) is 6.92 Å². The third-order valence-electron chi connectivity index (χ3n) is 4.12. The Hall–Kier alpha value is 0.160. The first-order chi connectivity index (χ1) is 10.6. The van der Waals surface area contributed by atoms with Crippen LogP contribution in [0.4, 0.5) is 0 Å². The normalized spacial score (nSPS) is 10.4. The first-order valence-corrected chi connectivity index (χ1v) is 8.04. The third kappa shape index (κ3) is 7.59. The summed E-state index contributed by atoms with van der Waals surface area (Å²) in [5.41, 5.74) is -1.83. The summed E-state index contributed by atoms with van der Waals surface area (Å²) in [5, 5.41) is 23.1. The molecule has 0 saturated heterocycles. The molecule has 0 heterocycles. The molecule has 1 aromatic rings. The largest absolute Gasteiger partial charge is 1.00 e. The quantitative estimate of drug-likeness (QED) is 0.229. The minimum Gasteiger partial charge on any atom is -0.549 e. The molecular formula is C18H24Na2O4. The zero-order valence-electron chi connectivity index (χ0n) is 15.2. The number of hydrogen-bond donors (Lipinski definition) is 0. The second-order valence-corrected chi connectivity index (χ2v) is 5.72. The summed E-state index contributed by atoms with van der Waals surface area (Å²) in [7, 11) is 0. The Morgan fingerprint density at radius 2 is 1.29 bits per heavy atom. The summed E-state index contributed by atoms with van der Waals surface area (Å²) in [5.74, 6) is -3.19. The maximum Gasteiger partial charge on any atom is 1.00 e. The van der Waals surface area contributed by atoms with Crippen molar-refractivity contribution in [3.63, 3.8) is 0 Å². The predicted molar refractivity (Wildman–Crippen MR) is 80.7 cm³/mol. The molecule has 0 fully saturated rings. The van der Waals surface area contributed by atoms with Crippen molar-refractivity contribution in [2.75, 3.05) is 0 Å². The Labute approximate surface area is 189 Å². The van der Waals surface area contributed by atoms with Crippen LogP contribution in [0.3, 0.4) is 0 Å². The van der Waals surface area contributed by atoms with E-state index in [1.807, 2.05) is 0 Å². The predicted octanol–water partition coefficient (Wildman–Crippen LogP) is -4.43. The van der Waals surface area contributed by atoms with E-state index < -0.39 is 17.4 Å². The van der Waals surface area contributed by atoms with Crippen molar-refractivity contribution in [3.8, 4) is 0 Å². The Kier molecular flexibility index (Phi) is 15.8. The average Bonchev–Trinajstić information content (AvgIpc) is 2.50. The minimum absolute atomic E-state index is 0. The molecule has 1 aromatic carbocycles. The molecule has 0 amide bonds. The van der Waals surface area contributed by atoms with Crippen molar-refractivity contribution in [2.24, 2.45) is 0 Å². The van der Waals surface area contributed by atoms with Gasteiger partial charge in [-0.1, -0.05) is 82.2 Å². The van der Waals surface area contributed by atoms with Gasteiger partial charge in [-0.2, -0.15) is 0 Å². The number of aliphatic carboxylic acids is 2.